The summed E-state index contributed by atoms with van der Waals surface area (Å²) in [7, 11) is -4.11. The molecule has 2 aromatic rings. The SMILES string of the molecule is CCOP(=O)(OCC)C(O)[C@H](CCC(=O)N1CCCc2ccccc2C1)NC(=O)[C@H](CC1CCCCC1)NC(=O)OCc1cccc(Cl)c1. The normalized spacial score (nSPS) is 17.3. The van der Waals surface area contributed by atoms with Crippen molar-refractivity contribution in [3.8, 4) is 0 Å². The molecule has 49 heavy (non-hydrogen) atoms. The average molecular weight is 720 g/mol. The van der Waals surface area contributed by atoms with Crippen molar-refractivity contribution in [3.05, 3.63) is 70.2 Å². The zero-order chi connectivity index (χ0) is 35.2. The molecule has 1 fully saturated rings. The zero-order valence-electron chi connectivity index (χ0n) is 28.6. The lowest BCUT2D eigenvalue weighted by molar-refractivity contribution is -0.132. The van der Waals surface area contributed by atoms with Crippen LogP contribution in [0.15, 0.2) is 48.5 Å². The van der Waals surface area contributed by atoms with Gasteiger partial charge in [0.2, 0.25) is 11.8 Å². The van der Waals surface area contributed by atoms with E-state index in [2.05, 4.69) is 16.7 Å². The predicted molar refractivity (Wildman–Crippen MR) is 188 cm³/mol. The fourth-order valence-electron chi connectivity index (χ4n) is 6.65. The van der Waals surface area contributed by atoms with Gasteiger partial charge in [-0.2, -0.15) is 0 Å². The molecule has 2 aliphatic rings. The molecule has 0 radical (unpaired) electrons. The van der Waals surface area contributed by atoms with Crippen molar-refractivity contribution in [2.75, 3.05) is 19.8 Å². The number of carbonyl (C=O) groups excluding carboxylic acids is 3. The number of aliphatic hydroxyl groups is 1. The van der Waals surface area contributed by atoms with Crippen LogP contribution in [-0.2, 0) is 47.5 Å². The summed E-state index contributed by atoms with van der Waals surface area (Å²) in [6, 6.07) is 12.8. The predicted octanol–water partition coefficient (Wildman–Crippen LogP) is 6.73. The number of nitrogens with zero attached hydrogens (tertiary/aromatic N) is 1. The largest absolute Gasteiger partial charge is 0.445 e. The Morgan fingerprint density at radius 3 is 2.39 bits per heavy atom. The molecule has 1 heterocycles. The van der Waals surface area contributed by atoms with E-state index in [4.69, 9.17) is 25.4 Å². The number of fused-ring (bicyclic) bond motifs is 1. The van der Waals surface area contributed by atoms with Crippen molar-refractivity contribution in [1.29, 1.82) is 0 Å². The fourth-order valence-corrected chi connectivity index (χ4v) is 8.62. The van der Waals surface area contributed by atoms with Crippen LogP contribution in [0, 0.1) is 5.92 Å². The maximum Gasteiger partial charge on any atom is 0.408 e. The Morgan fingerprint density at radius 2 is 1.69 bits per heavy atom. The van der Waals surface area contributed by atoms with E-state index in [-0.39, 0.29) is 44.5 Å². The summed E-state index contributed by atoms with van der Waals surface area (Å²) in [5.74, 6) is -2.28. The summed E-state index contributed by atoms with van der Waals surface area (Å²) >= 11 is 6.07. The van der Waals surface area contributed by atoms with Gasteiger partial charge in [-0.05, 0) is 74.3 Å². The zero-order valence-corrected chi connectivity index (χ0v) is 30.3. The van der Waals surface area contributed by atoms with Gasteiger partial charge in [0.25, 0.3) is 0 Å². The van der Waals surface area contributed by atoms with Gasteiger partial charge in [-0.25, -0.2) is 4.79 Å². The highest BCUT2D eigenvalue weighted by Crippen LogP contribution is 2.53. The van der Waals surface area contributed by atoms with E-state index in [1.807, 2.05) is 18.2 Å². The minimum Gasteiger partial charge on any atom is -0.445 e. The number of alkyl carbamates (subject to hydrolysis) is 1. The summed E-state index contributed by atoms with van der Waals surface area (Å²) in [6.07, 6.45) is 6.27. The van der Waals surface area contributed by atoms with Crippen molar-refractivity contribution in [2.24, 2.45) is 5.92 Å². The van der Waals surface area contributed by atoms with E-state index in [1.165, 1.54) is 5.56 Å². The first-order valence-electron chi connectivity index (χ1n) is 17.5. The van der Waals surface area contributed by atoms with Crippen LogP contribution < -0.4 is 10.6 Å². The Bertz CT molecular complexity index is 1430. The summed E-state index contributed by atoms with van der Waals surface area (Å²) in [5, 5.41) is 17.5. The number of aliphatic hydroxyl groups excluding tert-OH is 1. The monoisotopic (exact) mass is 719 g/mol. The molecule has 1 aliphatic heterocycles. The molecule has 3 amide bonds. The first kappa shape index (κ1) is 38.8. The third kappa shape index (κ3) is 11.8. The van der Waals surface area contributed by atoms with Gasteiger partial charge >= 0.3 is 13.7 Å². The van der Waals surface area contributed by atoms with E-state index in [0.717, 1.165) is 50.5 Å². The first-order valence-corrected chi connectivity index (χ1v) is 19.5. The van der Waals surface area contributed by atoms with E-state index in [0.29, 0.717) is 30.1 Å². The number of hydrogen-bond acceptors (Lipinski definition) is 8. The molecule has 3 atom stereocenters. The average Bonchev–Trinajstić information content (AvgIpc) is 3.32. The molecule has 270 valence electrons. The van der Waals surface area contributed by atoms with E-state index < -0.39 is 37.5 Å². The van der Waals surface area contributed by atoms with Crippen LogP contribution in [0.3, 0.4) is 0 Å². The number of aryl methyl sites for hydroxylation is 1. The number of carbonyl (C=O) groups is 3. The van der Waals surface area contributed by atoms with Crippen molar-refractivity contribution in [3.63, 3.8) is 0 Å². The van der Waals surface area contributed by atoms with Gasteiger partial charge in [0.15, 0.2) is 5.85 Å². The van der Waals surface area contributed by atoms with Crippen molar-refractivity contribution in [2.45, 2.75) is 109 Å². The molecule has 0 aromatic heterocycles. The van der Waals surface area contributed by atoms with Gasteiger partial charge in [-0.1, -0.05) is 80.1 Å². The molecule has 1 unspecified atom stereocenters. The van der Waals surface area contributed by atoms with Crippen LogP contribution >= 0.6 is 19.2 Å². The fraction of sp³-hybridized carbons (Fsp3) is 0.583. The first-order chi connectivity index (χ1) is 23.6. The molecule has 0 saturated heterocycles. The second kappa shape index (κ2) is 19.4. The van der Waals surface area contributed by atoms with Crippen LogP contribution in [0.25, 0.3) is 0 Å². The van der Waals surface area contributed by atoms with Gasteiger partial charge < -0.3 is 34.4 Å². The van der Waals surface area contributed by atoms with Crippen LogP contribution in [0.2, 0.25) is 5.02 Å². The van der Waals surface area contributed by atoms with Gasteiger partial charge in [0, 0.05) is 24.5 Å². The van der Waals surface area contributed by atoms with Gasteiger partial charge in [-0.15, -0.1) is 0 Å². The number of halogens is 1. The van der Waals surface area contributed by atoms with E-state index >= 15 is 0 Å². The molecule has 3 N–H and O–H groups in total. The highest BCUT2D eigenvalue weighted by atomic mass is 35.5. The molecular formula is C36H51ClN3O8P. The highest BCUT2D eigenvalue weighted by molar-refractivity contribution is 7.54. The van der Waals surface area contributed by atoms with Crippen molar-refractivity contribution >= 4 is 37.1 Å². The molecule has 4 rings (SSSR count). The number of amides is 3. The molecular weight excluding hydrogens is 669 g/mol. The Hall–Kier alpha value is -2.95. The second-order valence-electron chi connectivity index (χ2n) is 12.8. The lowest BCUT2D eigenvalue weighted by Crippen LogP contribution is -2.53. The third-order valence-electron chi connectivity index (χ3n) is 9.17. The number of nitrogens with one attached hydrogen (secondary N) is 2. The molecule has 2 aromatic carbocycles. The smallest absolute Gasteiger partial charge is 0.408 e. The summed E-state index contributed by atoms with van der Waals surface area (Å²) < 4.78 is 30.0. The van der Waals surface area contributed by atoms with E-state index in [9.17, 15) is 24.1 Å². The summed E-state index contributed by atoms with van der Waals surface area (Å²) in [4.78, 5) is 42.3. The topological polar surface area (TPSA) is 144 Å². The van der Waals surface area contributed by atoms with Crippen LogP contribution in [0.1, 0.15) is 88.3 Å². The number of rotatable bonds is 16. The Morgan fingerprint density at radius 1 is 0.980 bits per heavy atom. The minimum atomic E-state index is -4.11. The maximum absolute atomic E-state index is 14.0. The number of hydrogen-bond donors (Lipinski definition) is 3. The van der Waals surface area contributed by atoms with Gasteiger partial charge in [0.05, 0.1) is 19.3 Å². The van der Waals surface area contributed by atoms with Crippen molar-refractivity contribution < 1.29 is 37.8 Å². The highest BCUT2D eigenvalue weighted by Gasteiger charge is 2.42. The van der Waals surface area contributed by atoms with Crippen LogP contribution in [-0.4, -0.2) is 65.6 Å². The van der Waals surface area contributed by atoms with Crippen molar-refractivity contribution in [1.82, 2.24) is 15.5 Å². The van der Waals surface area contributed by atoms with Crippen LogP contribution in [0.5, 0.6) is 0 Å². The maximum atomic E-state index is 14.0. The van der Waals surface area contributed by atoms with Crippen LogP contribution in [0.4, 0.5) is 4.79 Å². The Balaban J connectivity index is 1.50. The minimum absolute atomic E-state index is 0.00541. The summed E-state index contributed by atoms with van der Waals surface area (Å²) in [6.45, 7) is 4.28. The Kier molecular flexibility index (Phi) is 15.4. The molecule has 0 bridgehead atoms. The molecule has 0 spiro atoms. The lowest BCUT2D eigenvalue weighted by atomic mass is 9.84. The van der Waals surface area contributed by atoms with E-state index in [1.54, 1.807) is 43.0 Å². The molecule has 13 heteroatoms. The number of ether oxygens (including phenoxy) is 1. The molecule has 11 nitrogen and oxygen atoms in total. The quantitative estimate of drug-likeness (QED) is 0.162. The Labute approximate surface area is 294 Å². The van der Waals surface area contributed by atoms with Gasteiger partial charge in [0.1, 0.15) is 12.6 Å². The molecule has 1 aliphatic carbocycles. The molecule has 1 saturated carbocycles. The lowest BCUT2D eigenvalue weighted by Gasteiger charge is -2.32. The number of benzene rings is 2. The standard InChI is InChI=1S/C36H51ClN3O8P/c1-3-47-49(45,48-4-2)35(43)31(19-20-33(41)40-21-11-17-28-15-8-9-16-29(28)24-40)38-34(42)32(23-26-12-6-5-7-13-26)39-36(44)46-25-27-14-10-18-30(37)22-27/h8-10,14-16,18,22,26,31-32,35,43H,3-7,11-13,17,19-21,23-25H2,1-2H3,(H,38,42)(H,39,44)/t31-,32-,35?/m0/s1. The third-order valence-corrected chi connectivity index (χ3v) is 11.6. The van der Waals surface area contributed by atoms with Gasteiger partial charge in [-0.3, -0.25) is 14.2 Å². The summed E-state index contributed by atoms with van der Waals surface area (Å²) in [5.41, 5.74) is 3.00. The second-order valence-corrected chi connectivity index (χ2v) is 15.3.